The Morgan fingerprint density at radius 2 is 1.88 bits per heavy atom. The number of nitrogens with one attached hydrogen (secondary N) is 1. The van der Waals surface area contributed by atoms with Gasteiger partial charge in [-0.25, -0.2) is 8.42 Å². The smallest absolute Gasteiger partial charge is 0.220 e. The summed E-state index contributed by atoms with van der Waals surface area (Å²) >= 11 is 0. The van der Waals surface area contributed by atoms with Crippen molar-refractivity contribution in [3.05, 3.63) is 35.4 Å². The molecule has 2 rings (SSSR count). The van der Waals surface area contributed by atoms with Crippen LogP contribution in [0.2, 0.25) is 0 Å². The molecular weight excluding hydrogens is 324 g/mol. The van der Waals surface area contributed by atoms with E-state index >= 15 is 0 Å². The zero-order chi connectivity index (χ0) is 17.8. The van der Waals surface area contributed by atoms with E-state index in [-0.39, 0.29) is 17.1 Å². The maximum Gasteiger partial charge on any atom is 0.220 e. The van der Waals surface area contributed by atoms with Crippen LogP contribution in [-0.4, -0.2) is 37.5 Å². The summed E-state index contributed by atoms with van der Waals surface area (Å²) in [5.41, 5.74) is 2.27. The monoisotopic (exact) mass is 352 g/mol. The number of sulfonamides is 1. The summed E-state index contributed by atoms with van der Waals surface area (Å²) in [4.78, 5) is 11.8. The Labute approximate surface area is 145 Å². The fraction of sp³-hybridized carbons (Fsp3) is 0.611. The average molecular weight is 353 g/mol. The van der Waals surface area contributed by atoms with Crippen molar-refractivity contribution in [2.75, 3.05) is 18.8 Å². The lowest BCUT2D eigenvalue weighted by Crippen LogP contribution is -2.38. The minimum atomic E-state index is -3.28. The molecule has 1 heterocycles. The molecule has 1 aromatic carbocycles. The molecule has 0 saturated heterocycles. The second-order valence-electron chi connectivity index (χ2n) is 7.61. The number of fused-ring (bicyclic) bond motifs is 1. The maximum absolute atomic E-state index is 12.5. The van der Waals surface area contributed by atoms with Gasteiger partial charge in [-0.05, 0) is 29.4 Å². The highest BCUT2D eigenvalue weighted by Crippen LogP contribution is 2.21. The number of rotatable bonds is 6. The van der Waals surface area contributed by atoms with E-state index in [2.05, 4.69) is 11.4 Å². The van der Waals surface area contributed by atoms with E-state index in [0.29, 0.717) is 32.5 Å². The fourth-order valence-electron chi connectivity index (χ4n) is 2.86. The normalized spacial score (nSPS) is 15.8. The van der Waals surface area contributed by atoms with Gasteiger partial charge in [-0.1, -0.05) is 45.0 Å². The number of nitrogens with zero attached hydrogens (tertiary/aromatic N) is 1. The van der Waals surface area contributed by atoms with Crippen LogP contribution in [0.4, 0.5) is 0 Å². The highest BCUT2D eigenvalue weighted by atomic mass is 32.2. The van der Waals surface area contributed by atoms with Crippen LogP contribution in [0.15, 0.2) is 24.3 Å². The molecule has 0 saturated carbocycles. The number of carbonyl (C=O) groups excluding carboxylic acids is 1. The van der Waals surface area contributed by atoms with Gasteiger partial charge >= 0.3 is 0 Å². The lowest BCUT2D eigenvalue weighted by molar-refractivity contribution is -0.122. The standard InChI is InChI=1S/C18H28N2O3S/c1-18(2,3)13-17(21)19-10-6-12-24(22,23)20-11-9-15-7-4-5-8-16(15)14-20/h4-5,7-8H,6,9-14H2,1-3H3,(H,19,21). The summed E-state index contributed by atoms with van der Waals surface area (Å²) in [5, 5.41) is 2.81. The van der Waals surface area contributed by atoms with Gasteiger partial charge < -0.3 is 5.32 Å². The van der Waals surface area contributed by atoms with Gasteiger partial charge in [0.1, 0.15) is 0 Å². The van der Waals surface area contributed by atoms with Crippen LogP contribution in [0.1, 0.15) is 44.7 Å². The summed E-state index contributed by atoms with van der Waals surface area (Å²) in [6, 6.07) is 7.98. The summed E-state index contributed by atoms with van der Waals surface area (Å²) in [7, 11) is -3.28. The molecule has 0 aliphatic carbocycles. The SMILES string of the molecule is CC(C)(C)CC(=O)NCCCS(=O)(=O)N1CCc2ccccc2C1. The Hall–Kier alpha value is -1.40. The summed E-state index contributed by atoms with van der Waals surface area (Å²) in [5.74, 6) is 0.0529. The first kappa shape index (κ1) is 18.9. The lowest BCUT2D eigenvalue weighted by Gasteiger charge is -2.28. The Morgan fingerprint density at radius 1 is 1.21 bits per heavy atom. The average Bonchev–Trinajstić information content (AvgIpc) is 2.49. The van der Waals surface area contributed by atoms with Crippen molar-refractivity contribution < 1.29 is 13.2 Å². The van der Waals surface area contributed by atoms with Crippen molar-refractivity contribution in [3.8, 4) is 0 Å². The Balaban J connectivity index is 1.79. The quantitative estimate of drug-likeness (QED) is 0.799. The lowest BCUT2D eigenvalue weighted by atomic mass is 9.92. The van der Waals surface area contributed by atoms with Gasteiger partial charge in [0.2, 0.25) is 15.9 Å². The van der Waals surface area contributed by atoms with Crippen molar-refractivity contribution in [2.45, 2.75) is 46.6 Å². The number of benzene rings is 1. The van der Waals surface area contributed by atoms with Crippen LogP contribution in [-0.2, 0) is 27.8 Å². The molecule has 5 nitrogen and oxygen atoms in total. The predicted octanol–water partition coefficient (Wildman–Crippen LogP) is 2.32. The van der Waals surface area contributed by atoms with Gasteiger partial charge in [0.15, 0.2) is 0 Å². The zero-order valence-electron chi connectivity index (χ0n) is 14.8. The molecule has 0 unspecified atom stereocenters. The van der Waals surface area contributed by atoms with Gasteiger partial charge in [0, 0.05) is 26.1 Å². The van der Waals surface area contributed by atoms with Crippen LogP contribution < -0.4 is 5.32 Å². The first-order valence-corrected chi connectivity index (χ1v) is 10.1. The molecule has 1 aromatic rings. The van der Waals surface area contributed by atoms with E-state index in [1.807, 2.05) is 39.0 Å². The van der Waals surface area contributed by atoms with Crippen molar-refractivity contribution in [1.29, 1.82) is 0 Å². The summed E-state index contributed by atoms with van der Waals surface area (Å²) in [6.45, 7) is 7.41. The highest BCUT2D eigenvalue weighted by molar-refractivity contribution is 7.89. The minimum absolute atomic E-state index is 0.0215. The van der Waals surface area contributed by atoms with Gasteiger partial charge in [-0.15, -0.1) is 0 Å². The molecule has 0 bridgehead atoms. The van der Waals surface area contributed by atoms with E-state index in [9.17, 15) is 13.2 Å². The summed E-state index contributed by atoms with van der Waals surface area (Å²) in [6.07, 6.45) is 1.65. The Kier molecular flexibility index (Phi) is 6.04. The highest BCUT2D eigenvalue weighted by Gasteiger charge is 2.26. The molecule has 1 N–H and O–H groups in total. The van der Waals surface area contributed by atoms with Crippen molar-refractivity contribution in [2.24, 2.45) is 5.41 Å². The van der Waals surface area contributed by atoms with Gasteiger partial charge in [0.05, 0.1) is 5.75 Å². The van der Waals surface area contributed by atoms with Crippen molar-refractivity contribution in [1.82, 2.24) is 9.62 Å². The maximum atomic E-state index is 12.5. The van der Waals surface area contributed by atoms with Gasteiger partial charge in [0.25, 0.3) is 0 Å². The number of carbonyl (C=O) groups is 1. The number of amides is 1. The Bertz CT molecular complexity index is 678. The predicted molar refractivity (Wildman–Crippen MR) is 96.0 cm³/mol. The summed E-state index contributed by atoms with van der Waals surface area (Å²) < 4.78 is 26.5. The third-order valence-electron chi connectivity index (χ3n) is 4.08. The van der Waals surface area contributed by atoms with E-state index in [1.165, 1.54) is 5.56 Å². The molecule has 0 atom stereocenters. The molecule has 0 radical (unpaired) electrons. The molecule has 1 aliphatic rings. The third-order valence-corrected chi connectivity index (χ3v) is 5.98. The third kappa shape index (κ3) is 5.60. The molecule has 24 heavy (non-hydrogen) atoms. The van der Waals surface area contributed by atoms with Crippen LogP contribution in [0.25, 0.3) is 0 Å². The fourth-order valence-corrected chi connectivity index (χ4v) is 4.34. The van der Waals surface area contributed by atoms with Crippen LogP contribution in [0, 0.1) is 5.41 Å². The first-order chi connectivity index (χ1) is 11.2. The first-order valence-electron chi connectivity index (χ1n) is 8.49. The molecule has 0 fully saturated rings. The van der Waals surface area contributed by atoms with Crippen molar-refractivity contribution >= 4 is 15.9 Å². The Morgan fingerprint density at radius 3 is 2.54 bits per heavy atom. The van der Waals surface area contributed by atoms with E-state index < -0.39 is 10.0 Å². The molecule has 6 heteroatoms. The molecule has 134 valence electrons. The van der Waals surface area contributed by atoms with Crippen LogP contribution in [0.3, 0.4) is 0 Å². The minimum Gasteiger partial charge on any atom is -0.356 e. The molecular formula is C18H28N2O3S. The topological polar surface area (TPSA) is 66.5 Å². The molecule has 0 spiro atoms. The van der Waals surface area contributed by atoms with E-state index in [1.54, 1.807) is 4.31 Å². The molecule has 1 amide bonds. The number of hydrogen-bond donors (Lipinski definition) is 1. The van der Waals surface area contributed by atoms with Gasteiger partial charge in [-0.2, -0.15) is 4.31 Å². The molecule has 1 aliphatic heterocycles. The zero-order valence-corrected chi connectivity index (χ0v) is 15.7. The largest absolute Gasteiger partial charge is 0.356 e. The number of hydrogen-bond acceptors (Lipinski definition) is 3. The van der Waals surface area contributed by atoms with Gasteiger partial charge in [-0.3, -0.25) is 4.79 Å². The van der Waals surface area contributed by atoms with Crippen LogP contribution in [0.5, 0.6) is 0 Å². The van der Waals surface area contributed by atoms with Crippen molar-refractivity contribution in [3.63, 3.8) is 0 Å². The second kappa shape index (κ2) is 7.66. The van der Waals surface area contributed by atoms with E-state index in [4.69, 9.17) is 0 Å². The van der Waals surface area contributed by atoms with Crippen LogP contribution >= 0.6 is 0 Å². The second-order valence-corrected chi connectivity index (χ2v) is 9.70. The molecule has 0 aromatic heterocycles. The van der Waals surface area contributed by atoms with E-state index in [0.717, 1.165) is 12.0 Å².